The molecule has 0 aliphatic carbocycles. The molecule has 0 amide bonds. The van der Waals surface area contributed by atoms with Crippen LogP contribution >= 0.6 is 0 Å². The zero-order chi connectivity index (χ0) is 15.2. The van der Waals surface area contributed by atoms with Gasteiger partial charge in [0.1, 0.15) is 11.4 Å². The molecule has 4 nitrogen and oxygen atoms in total. The Bertz CT molecular complexity index is 596. The number of Topliss-reactive ketones (excluding diaryl/α,β-unsaturated/α-hetero) is 2. The number of hydrogen-bond acceptors (Lipinski definition) is 4. The van der Waals surface area contributed by atoms with Crippen molar-refractivity contribution in [3.8, 4) is 0 Å². The Hall–Kier alpha value is -2.36. The molecule has 21 heavy (non-hydrogen) atoms. The van der Waals surface area contributed by atoms with Gasteiger partial charge in [-0.05, 0) is 25.0 Å². The highest BCUT2D eigenvalue weighted by atomic mass is 16.7. The minimum absolute atomic E-state index is 0.0137. The van der Waals surface area contributed by atoms with Crippen molar-refractivity contribution in [3.05, 3.63) is 53.0 Å². The maximum absolute atomic E-state index is 12.1. The van der Waals surface area contributed by atoms with Crippen molar-refractivity contribution in [1.29, 1.82) is 0 Å². The molecule has 0 fully saturated rings. The van der Waals surface area contributed by atoms with E-state index in [1.807, 2.05) is 43.3 Å². The van der Waals surface area contributed by atoms with E-state index in [4.69, 9.17) is 9.47 Å². The Labute approximate surface area is 124 Å². The molecule has 2 rings (SSSR count). The van der Waals surface area contributed by atoms with Crippen molar-refractivity contribution in [2.24, 2.45) is 0 Å². The van der Waals surface area contributed by atoms with Crippen molar-refractivity contribution in [1.82, 2.24) is 0 Å². The van der Waals surface area contributed by atoms with Gasteiger partial charge in [-0.25, -0.2) is 0 Å². The summed E-state index contributed by atoms with van der Waals surface area (Å²) in [5.74, 6) is 0.0630. The van der Waals surface area contributed by atoms with Crippen LogP contribution in [0.25, 0.3) is 6.08 Å². The molecular formula is C17H18O4. The first-order valence-corrected chi connectivity index (χ1v) is 6.90. The van der Waals surface area contributed by atoms with Crippen LogP contribution in [-0.4, -0.2) is 24.8 Å². The Morgan fingerprint density at radius 2 is 2.05 bits per heavy atom. The van der Waals surface area contributed by atoms with Gasteiger partial charge in [0.15, 0.2) is 6.61 Å². The molecule has 1 aromatic rings. The van der Waals surface area contributed by atoms with Gasteiger partial charge in [-0.15, -0.1) is 0 Å². The van der Waals surface area contributed by atoms with Gasteiger partial charge in [0.2, 0.25) is 5.78 Å². The molecule has 110 valence electrons. The van der Waals surface area contributed by atoms with Crippen LogP contribution in [0, 0.1) is 0 Å². The molecule has 1 heterocycles. The van der Waals surface area contributed by atoms with Gasteiger partial charge in [0.05, 0.1) is 6.61 Å². The Morgan fingerprint density at radius 3 is 2.67 bits per heavy atom. The second-order valence-electron chi connectivity index (χ2n) is 4.77. The lowest BCUT2D eigenvalue weighted by molar-refractivity contribution is -0.116. The number of carbonyl (C=O) groups is 2. The second kappa shape index (κ2) is 6.88. The maximum atomic E-state index is 12.1. The SMILES string of the molecule is CCOC1=C(/C(=C/c2ccccc2)CC(C)=O)C(=O)CO1. The van der Waals surface area contributed by atoms with Gasteiger partial charge in [0.25, 0.3) is 5.95 Å². The molecule has 1 aromatic carbocycles. The highest BCUT2D eigenvalue weighted by Gasteiger charge is 2.29. The van der Waals surface area contributed by atoms with Gasteiger partial charge < -0.3 is 9.47 Å². The molecule has 0 saturated heterocycles. The molecule has 1 aliphatic heterocycles. The number of allylic oxidation sites excluding steroid dienone is 1. The second-order valence-corrected chi connectivity index (χ2v) is 4.77. The largest absolute Gasteiger partial charge is 0.465 e. The zero-order valence-electron chi connectivity index (χ0n) is 12.2. The van der Waals surface area contributed by atoms with E-state index in [0.29, 0.717) is 17.8 Å². The molecule has 0 unspecified atom stereocenters. The van der Waals surface area contributed by atoms with Gasteiger partial charge >= 0.3 is 0 Å². The summed E-state index contributed by atoms with van der Waals surface area (Å²) < 4.78 is 10.6. The van der Waals surface area contributed by atoms with Gasteiger partial charge in [-0.1, -0.05) is 36.4 Å². The van der Waals surface area contributed by atoms with Gasteiger partial charge in [0, 0.05) is 6.42 Å². The summed E-state index contributed by atoms with van der Waals surface area (Å²) in [5, 5.41) is 0. The van der Waals surface area contributed by atoms with Gasteiger partial charge in [-0.3, -0.25) is 9.59 Å². The van der Waals surface area contributed by atoms with E-state index >= 15 is 0 Å². The third kappa shape index (κ3) is 3.81. The smallest absolute Gasteiger partial charge is 0.291 e. The van der Waals surface area contributed by atoms with Crippen LogP contribution in [0.1, 0.15) is 25.8 Å². The molecule has 4 heteroatoms. The van der Waals surface area contributed by atoms with Crippen molar-refractivity contribution in [2.45, 2.75) is 20.3 Å². The summed E-state index contributed by atoms with van der Waals surface area (Å²) in [5.41, 5.74) is 1.95. The summed E-state index contributed by atoms with van der Waals surface area (Å²) >= 11 is 0. The number of carbonyl (C=O) groups excluding carboxylic acids is 2. The standard InChI is InChI=1S/C17H18O4/c1-3-20-17-16(15(19)11-21-17)14(9-12(2)18)10-13-7-5-4-6-8-13/h4-8,10H,3,9,11H2,1-2H3/b14-10+. The lowest BCUT2D eigenvalue weighted by Gasteiger charge is -2.08. The third-order valence-corrected chi connectivity index (χ3v) is 2.99. The first-order chi connectivity index (χ1) is 10.1. The minimum Gasteiger partial charge on any atom is -0.465 e. The fourth-order valence-electron chi connectivity index (χ4n) is 2.17. The normalized spacial score (nSPS) is 15.1. The van der Waals surface area contributed by atoms with Crippen LogP contribution in [-0.2, 0) is 19.1 Å². The van der Waals surface area contributed by atoms with E-state index in [0.717, 1.165) is 5.56 Å². The van der Waals surface area contributed by atoms with E-state index in [1.54, 1.807) is 0 Å². The van der Waals surface area contributed by atoms with Crippen LogP contribution in [0.15, 0.2) is 47.4 Å². The lowest BCUT2D eigenvalue weighted by atomic mass is 9.96. The number of rotatable bonds is 6. The van der Waals surface area contributed by atoms with Crippen LogP contribution in [0.5, 0.6) is 0 Å². The fourth-order valence-corrected chi connectivity index (χ4v) is 2.17. The van der Waals surface area contributed by atoms with Crippen LogP contribution < -0.4 is 0 Å². The molecule has 0 bridgehead atoms. The zero-order valence-corrected chi connectivity index (χ0v) is 12.2. The highest BCUT2D eigenvalue weighted by Crippen LogP contribution is 2.28. The number of ether oxygens (including phenoxy) is 2. The molecule has 0 aromatic heterocycles. The number of ketones is 2. The molecule has 0 N–H and O–H groups in total. The fraction of sp³-hybridized carbons (Fsp3) is 0.294. The molecule has 1 aliphatic rings. The van der Waals surface area contributed by atoms with E-state index in [-0.39, 0.29) is 30.5 Å². The molecule has 0 spiro atoms. The summed E-state index contributed by atoms with van der Waals surface area (Å²) in [4.78, 5) is 23.6. The van der Waals surface area contributed by atoms with Crippen LogP contribution in [0.4, 0.5) is 0 Å². The quantitative estimate of drug-likeness (QED) is 0.807. The van der Waals surface area contributed by atoms with Crippen LogP contribution in [0.3, 0.4) is 0 Å². The first-order valence-electron chi connectivity index (χ1n) is 6.90. The number of benzene rings is 1. The highest BCUT2D eigenvalue weighted by molar-refractivity contribution is 6.05. The Kier molecular flexibility index (Phi) is 4.93. The Morgan fingerprint density at radius 1 is 1.33 bits per heavy atom. The lowest BCUT2D eigenvalue weighted by Crippen LogP contribution is -2.07. The monoisotopic (exact) mass is 286 g/mol. The predicted octanol–water partition coefficient (Wildman–Crippen LogP) is 2.90. The molecule has 0 radical (unpaired) electrons. The average Bonchev–Trinajstić information content (AvgIpc) is 2.80. The predicted molar refractivity (Wildman–Crippen MR) is 79.3 cm³/mol. The molecule has 0 saturated carbocycles. The van der Waals surface area contributed by atoms with E-state index in [2.05, 4.69) is 0 Å². The summed E-state index contributed by atoms with van der Waals surface area (Å²) in [6.07, 6.45) is 2.01. The van der Waals surface area contributed by atoms with Crippen molar-refractivity contribution < 1.29 is 19.1 Å². The first kappa shape index (κ1) is 15.0. The van der Waals surface area contributed by atoms with Crippen molar-refractivity contribution >= 4 is 17.6 Å². The average molecular weight is 286 g/mol. The van der Waals surface area contributed by atoms with Crippen molar-refractivity contribution in [2.75, 3.05) is 13.2 Å². The van der Waals surface area contributed by atoms with E-state index < -0.39 is 0 Å². The van der Waals surface area contributed by atoms with Crippen molar-refractivity contribution in [3.63, 3.8) is 0 Å². The Balaban J connectivity index is 2.44. The maximum Gasteiger partial charge on any atom is 0.291 e. The van der Waals surface area contributed by atoms with E-state index in [1.165, 1.54) is 6.92 Å². The van der Waals surface area contributed by atoms with Crippen LogP contribution in [0.2, 0.25) is 0 Å². The minimum atomic E-state index is -0.151. The summed E-state index contributed by atoms with van der Waals surface area (Å²) in [7, 11) is 0. The van der Waals surface area contributed by atoms with Gasteiger partial charge in [-0.2, -0.15) is 0 Å². The number of hydrogen-bond donors (Lipinski definition) is 0. The summed E-state index contributed by atoms with van der Waals surface area (Å²) in [6.45, 7) is 3.70. The topological polar surface area (TPSA) is 52.6 Å². The third-order valence-electron chi connectivity index (χ3n) is 2.99. The van der Waals surface area contributed by atoms with E-state index in [9.17, 15) is 9.59 Å². The molecule has 0 atom stereocenters. The summed E-state index contributed by atoms with van der Waals surface area (Å²) in [6, 6.07) is 9.56. The molecular weight excluding hydrogens is 268 g/mol.